The van der Waals surface area contributed by atoms with E-state index in [9.17, 15) is 0 Å². The summed E-state index contributed by atoms with van der Waals surface area (Å²) in [6, 6.07) is 1.97. The number of nitriles is 1. The van der Waals surface area contributed by atoms with Gasteiger partial charge in [0.05, 0.1) is 17.6 Å². The topological polar surface area (TPSA) is 74.6 Å². The number of aromatic amines is 1. The number of nitrogens with zero attached hydrogens (tertiary/aromatic N) is 3. The third kappa shape index (κ3) is 2.33. The number of hydrogen-bond donors (Lipinski definition) is 1. The first kappa shape index (κ1) is 12.1. The van der Waals surface area contributed by atoms with E-state index in [1.165, 1.54) is 12.4 Å². The summed E-state index contributed by atoms with van der Waals surface area (Å²) in [7, 11) is 0. The highest BCUT2D eigenvalue weighted by Gasteiger charge is 2.12. The lowest BCUT2D eigenvalue weighted by Crippen LogP contribution is -2.11. The smallest absolute Gasteiger partial charge is 0.226 e. The third-order valence-corrected chi connectivity index (χ3v) is 2.69. The van der Waals surface area contributed by atoms with Crippen molar-refractivity contribution in [1.82, 2.24) is 15.0 Å². The average Bonchev–Trinajstić information content (AvgIpc) is 2.80. The summed E-state index contributed by atoms with van der Waals surface area (Å²) in [6.07, 6.45) is 7.38. The zero-order valence-electron chi connectivity index (χ0n) is 10.3. The van der Waals surface area contributed by atoms with Gasteiger partial charge in [-0.1, -0.05) is 6.92 Å². The first-order valence-electron chi connectivity index (χ1n) is 5.81. The van der Waals surface area contributed by atoms with Gasteiger partial charge in [-0.3, -0.25) is 0 Å². The number of nitrogens with one attached hydrogen (secondary N) is 1. The number of allylic oxidation sites excluding steroid dienone is 1. The standard InChI is InChI=1S/C13H14N4O/c1-3-9(2)18-13-11-10(5-4-6-14)7-15-12(11)16-8-17-13/h4-5,7-9H,3H2,1-2H3,(H,15,16,17)/b5-4-. The van der Waals surface area contributed by atoms with Crippen LogP contribution in [0.5, 0.6) is 5.88 Å². The Bertz CT molecular complexity index is 609. The van der Waals surface area contributed by atoms with E-state index >= 15 is 0 Å². The number of H-pyrrole nitrogens is 1. The van der Waals surface area contributed by atoms with Crippen LogP contribution in [-0.2, 0) is 0 Å². The normalized spacial score (nSPS) is 12.7. The van der Waals surface area contributed by atoms with Gasteiger partial charge in [0, 0.05) is 17.8 Å². The molecule has 1 unspecified atom stereocenters. The summed E-state index contributed by atoms with van der Waals surface area (Å²) < 4.78 is 5.77. The van der Waals surface area contributed by atoms with Crippen LogP contribution in [0.2, 0.25) is 0 Å². The predicted molar refractivity (Wildman–Crippen MR) is 68.9 cm³/mol. The SMILES string of the molecule is CCC(C)Oc1ncnc2[nH]cc(/C=C\C#N)c12. The molecule has 0 aliphatic rings. The fraction of sp³-hybridized carbons (Fsp3) is 0.308. The van der Waals surface area contributed by atoms with Crippen molar-refractivity contribution < 1.29 is 4.74 Å². The minimum absolute atomic E-state index is 0.0887. The molecule has 2 heterocycles. The van der Waals surface area contributed by atoms with E-state index in [1.54, 1.807) is 12.3 Å². The van der Waals surface area contributed by atoms with E-state index in [-0.39, 0.29) is 6.10 Å². The Hall–Kier alpha value is -2.35. The Labute approximate surface area is 105 Å². The molecule has 0 saturated carbocycles. The van der Waals surface area contributed by atoms with E-state index in [1.807, 2.05) is 13.0 Å². The Morgan fingerprint density at radius 1 is 1.56 bits per heavy atom. The van der Waals surface area contributed by atoms with E-state index in [4.69, 9.17) is 10.00 Å². The maximum Gasteiger partial charge on any atom is 0.226 e. The molecule has 0 aliphatic carbocycles. The minimum Gasteiger partial charge on any atom is -0.474 e. The molecule has 5 nitrogen and oxygen atoms in total. The van der Waals surface area contributed by atoms with Crippen LogP contribution in [0.3, 0.4) is 0 Å². The predicted octanol–water partition coefficient (Wildman–Crippen LogP) is 2.67. The van der Waals surface area contributed by atoms with Gasteiger partial charge in [0.2, 0.25) is 5.88 Å². The number of fused-ring (bicyclic) bond motifs is 1. The Morgan fingerprint density at radius 2 is 2.39 bits per heavy atom. The molecule has 2 aromatic rings. The van der Waals surface area contributed by atoms with Gasteiger partial charge in [0.1, 0.15) is 12.0 Å². The van der Waals surface area contributed by atoms with Crippen molar-refractivity contribution in [3.63, 3.8) is 0 Å². The van der Waals surface area contributed by atoms with Gasteiger partial charge in [-0.2, -0.15) is 5.26 Å². The molecule has 92 valence electrons. The molecular weight excluding hydrogens is 228 g/mol. The highest BCUT2D eigenvalue weighted by atomic mass is 16.5. The van der Waals surface area contributed by atoms with Crippen molar-refractivity contribution in [2.24, 2.45) is 0 Å². The van der Waals surface area contributed by atoms with Gasteiger partial charge in [-0.15, -0.1) is 0 Å². The molecule has 0 saturated heterocycles. The zero-order chi connectivity index (χ0) is 13.0. The lowest BCUT2D eigenvalue weighted by molar-refractivity contribution is 0.211. The maximum absolute atomic E-state index is 8.58. The van der Waals surface area contributed by atoms with Gasteiger partial charge in [0.25, 0.3) is 0 Å². The highest BCUT2D eigenvalue weighted by Crippen LogP contribution is 2.27. The second kappa shape index (κ2) is 5.32. The highest BCUT2D eigenvalue weighted by molar-refractivity contribution is 5.90. The molecule has 2 rings (SSSR count). The number of aromatic nitrogens is 3. The molecule has 0 aromatic carbocycles. The summed E-state index contributed by atoms with van der Waals surface area (Å²) in [5.74, 6) is 0.549. The molecule has 1 N–H and O–H groups in total. The van der Waals surface area contributed by atoms with Crippen LogP contribution >= 0.6 is 0 Å². The molecule has 0 fully saturated rings. The molecule has 0 spiro atoms. The summed E-state index contributed by atoms with van der Waals surface area (Å²) in [5, 5.41) is 9.39. The first-order chi connectivity index (χ1) is 8.76. The number of rotatable bonds is 4. The quantitative estimate of drug-likeness (QED) is 0.836. The first-order valence-corrected chi connectivity index (χ1v) is 5.81. The minimum atomic E-state index is 0.0887. The van der Waals surface area contributed by atoms with Gasteiger partial charge >= 0.3 is 0 Å². The summed E-state index contributed by atoms with van der Waals surface area (Å²) in [4.78, 5) is 11.3. The molecule has 5 heteroatoms. The lowest BCUT2D eigenvalue weighted by atomic mass is 10.2. The van der Waals surface area contributed by atoms with Crippen molar-refractivity contribution in [1.29, 1.82) is 5.26 Å². The Morgan fingerprint density at radius 3 is 3.11 bits per heavy atom. The number of hydrogen-bond acceptors (Lipinski definition) is 4. The van der Waals surface area contributed by atoms with Crippen molar-refractivity contribution in [3.8, 4) is 11.9 Å². The van der Waals surface area contributed by atoms with E-state index in [0.717, 1.165) is 17.4 Å². The van der Waals surface area contributed by atoms with E-state index < -0.39 is 0 Å². The zero-order valence-corrected chi connectivity index (χ0v) is 10.3. The average molecular weight is 242 g/mol. The van der Waals surface area contributed by atoms with Crippen molar-refractivity contribution >= 4 is 17.1 Å². The van der Waals surface area contributed by atoms with Crippen LogP contribution in [0.4, 0.5) is 0 Å². The van der Waals surface area contributed by atoms with Crippen LogP contribution in [0, 0.1) is 11.3 Å². The van der Waals surface area contributed by atoms with Gasteiger partial charge in [0.15, 0.2) is 0 Å². The molecule has 18 heavy (non-hydrogen) atoms. The monoisotopic (exact) mass is 242 g/mol. The number of ether oxygens (including phenoxy) is 1. The van der Waals surface area contributed by atoms with E-state index in [0.29, 0.717) is 11.5 Å². The third-order valence-electron chi connectivity index (χ3n) is 2.69. The van der Waals surface area contributed by atoms with Crippen molar-refractivity contribution in [2.75, 3.05) is 0 Å². The van der Waals surface area contributed by atoms with Gasteiger partial charge in [-0.25, -0.2) is 9.97 Å². The van der Waals surface area contributed by atoms with Crippen molar-refractivity contribution in [3.05, 3.63) is 24.2 Å². The van der Waals surface area contributed by atoms with E-state index in [2.05, 4.69) is 21.9 Å². The molecule has 1 atom stereocenters. The fourth-order valence-electron chi connectivity index (χ4n) is 1.58. The van der Waals surface area contributed by atoms with Crippen molar-refractivity contribution in [2.45, 2.75) is 26.4 Å². The fourth-order valence-corrected chi connectivity index (χ4v) is 1.58. The second-order valence-electron chi connectivity index (χ2n) is 3.95. The second-order valence-corrected chi connectivity index (χ2v) is 3.95. The van der Waals surface area contributed by atoms with Gasteiger partial charge in [-0.05, 0) is 19.4 Å². The van der Waals surface area contributed by atoms with Gasteiger partial charge < -0.3 is 9.72 Å². The van der Waals surface area contributed by atoms with Crippen LogP contribution in [-0.4, -0.2) is 21.1 Å². The molecule has 0 bridgehead atoms. The van der Waals surface area contributed by atoms with Crippen LogP contribution < -0.4 is 4.74 Å². The van der Waals surface area contributed by atoms with Crippen LogP contribution in [0.25, 0.3) is 17.1 Å². The van der Waals surface area contributed by atoms with Crippen LogP contribution in [0.1, 0.15) is 25.8 Å². The molecule has 0 radical (unpaired) electrons. The maximum atomic E-state index is 8.58. The molecule has 2 aromatic heterocycles. The molecule has 0 aliphatic heterocycles. The molecular formula is C13H14N4O. The summed E-state index contributed by atoms with van der Waals surface area (Å²) in [5.41, 5.74) is 1.56. The summed E-state index contributed by atoms with van der Waals surface area (Å²) >= 11 is 0. The lowest BCUT2D eigenvalue weighted by Gasteiger charge is -2.12. The van der Waals surface area contributed by atoms with Crippen LogP contribution in [0.15, 0.2) is 18.6 Å². The largest absolute Gasteiger partial charge is 0.474 e. The molecule has 0 amide bonds. The summed E-state index contributed by atoms with van der Waals surface area (Å²) in [6.45, 7) is 4.04. The Balaban J connectivity index is 2.49. The Kier molecular flexibility index (Phi) is 3.58.